The summed E-state index contributed by atoms with van der Waals surface area (Å²) < 4.78 is 22.9. The number of nitrogens with two attached hydrogens (primary N) is 1. The molecule has 1 heterocycles. The highest BCUT2D eigenvalue weighted by Gasteiger charge is 2.27. The summed E-state index contributed by atoms with van der Waals surface area (Å²) in [5.41, 5.74) is 4.92. The van der Waals surface area contributed by atoms with Gasteiger partial charge in [0.2, 0.25) is 5.91 Å². The van der Waals surface area contributed by atoms with Crippen LogP contribution in [0, 0.1) is 0 Å². The third-order valence-corrected chi connectivity index (χ3v) is 4.90. The summed E-state index contributed by atoms with van der Waals surface area (Å²) in [6.07, 6.45) is 0.680. The lowest BCUT2D eigenvalue weighted by Crippen LogP contribution is -2.51. The number of carbonyl (C=O) groups excluding carboxylic acids is 2. The molecule has 5 N–H and O–H groups in total. The van der Waals surface area contributed by atoms with Crippen LogP contribution in [0.3, 0.4) is 0 Å². The highest BCUT2D eigenvalue weighted by atomic mass is 32.2. The van der Waals surface area contributed by atoms with Crippen molar-refractivity contribution in [3.8, 4) is 0 Å². The van der Waals surface area contributed by atoms with Gasteiger partial charge in [0.1, 0.15) is 6.04 Å². The SMILES string of the molecule is NC(=O)CC[C@H](NC(=O)NC1CCCS(=O)(=O)C1)C(=O)O. The molecule has 0 aliphatic carbocycles. The predicted octanol–water partition coefficient (Wildman–Crippen LogP) is -1.42. The maximum absolute atomic E-state index is 11.7. The summed E-state index contributed by atoms with van der Waals surface area (Å²) in [4.78, 5) is 33.3. The summed E-state index contributed by atoms with van der Waals surface area (Å²) in [6, 6.07) is -2.55. The molecule has 1 fully saturated rings. The van der Waals surface area contributed by atoms with Gasteiger partial charge in [-0.05, 0) is 19.3 Å². The molecular weight excluding hydrogens is 302 g/mol. The molecule has 1 aliphatic heterocycles. The summed E-state index contributed by atoms with van der Waals surface area (Å²) in [5.74, 6) is -2.01. The first-order valence-corrected chi connectivity index (χ1v) is 8.30. The van der Waals surface area contributed by atoms with Crippen LogP contribution in [-0.4, -0.2) is 55.0 Å². The first-order chi connectivity index (χ1) is 9.69. The number of hydrogen-bond donors (Lipinski definition) is 4. The first kappa shape index (κ1) is 17.2. The number of rotatable bonds is 6. The van der Waals surface area contributed by atoms with Gasteiger partial charge in [-0.25, -0.2) is 18.0 Å². The van der Waals surface area contributed by atoms with Gasteiger partial charge in [-0.15, -0.1) is 0 Å². The van der Waals surface area contributed by atoms with Crippen LogP contribution >= 0.6 is 0 Å². The lowest BCUT2D eigenvalue weighted by Gasteiger charge is -2.24. The maximum atomic E-state index is 11.7. The molecule has 10 heteroatoms. The third-order valence-electron chi connectivity index (χ3n) is 3.08. The Balaban J connectivity index is 2.50. The number of carbonyl (C=O) groups is 3. The molecule has 1 aliphatic rings. The van der Waals surface area contributed by atoms with Crippen LogP contribution in [0.2, 0.25) is 0 Å². The molecule has 1 rings (SSSR count). The average Bonchev–Trinajstić information content (AvgIpc) is 2.32. The van der Waals surface area contributed by atoms with Gasteiger partial charge in [0, 0.05) is 12.5 Å². The summed E-state index contributed by atoms with van der Waals surface area (Å²) in [5, 5.41) is 13.6. The Morgan fingerprint density at radius 3 is 2.52 bits per heavy atom. The number of carboxylic acid groups (broad SMARTS) is 1. The smallest absolute Gasteiger partial charge is 0.326 e. The van der Waals surface area contributed by atoms with Crippen molar-refractivity contribution in [1.29, 1.82) is 0 Å². The van der Waals surface area contributed by atoms with Gasteiger partial charge >= 0.3 is 12.0 Å². The molecular formula is C11H19N3O6S. The van der Waals surface area contributed by atoms with Gasteiger partial charge in [0.15, 0.2) is 9.84 Å². The van der Waals surface area contributed by atoms with E-state index in [2.05, 4.69) is 10.6 Å². The quantitative estimate of drug-likeness (QED) is 0.470. The monoisotopic (exact) mass is 321 g/mol. The molecule has 21 heavy (non-hydrogen) atoms. The standard InChI is InChI=1S/C11H19N3O6S/c12-9(15)4-3-8(10(16)17)14-11(18)13-7-2-1-5-21(19,20)6-7/h7-8H,1-6H2,(H2,12,15)(H,16,17)(H2,13,14,18)/t7?,8-/m0/s1. The molecule has 0 bridgehead atoms. The highest BCUT2D eigenvalue weighted by molar-refractivity contribution is 7.91. The van der Waals surface area contributed by atoms with E-state index < -0.39 is 39.8 Å². The number of urea groups is 1. The van der Waals surface area contributed by atoms with Crippen molar-refractivity contribution in [3.05, 3.63) is 0 Å². The lowest BCUT2D eigenvalue weighted by molar-refractivity contribution is -0.139. The Hall–Kier alpha value is -1.84. The number of sulfone groups is 1. The molecule has 0 aromatic carbocycles. The summed E-state index contributed by atoms with van der Waals surface area (Å²) >= 11 is 0. The van der Waals surface area contributed by atoms with Crippen molar-refractivity contribution in [1.82, 2.24) is 10.6 Å². The van der Waals surface area contributed by atoms with E-state index in [1.165, 1.54) is 0 Å². The van der Waals surface area contributed by atoms with Gasteiger partial charge in [0.25, 0.3) is 0 Å². The number of nitrogens with one attached hydrogen (secondary N) is 2. The second-order valence-electron chi connectivity index (χ2n) is 4.97. The Morgan fingerprint density at radius 1 is 1.33 bits per heavy atom. The number of hydrogen-bond acceptors (Lipinski definition) is 5. The molecule has 0 radical (unpaired) electrons. The molecule has 0 spiro atoms. The molecule has 0 saturated carbocycles. The van der Waals surface area contributed by atoms with Crippen molar-refractivity contribution in [2.75, 3.05) is 11.5 Å². The van der Waals surface area contributed by atoms with Crippen molar-refractivity contribution >= 4 is 27.7 Å². The normalized spacial score (nSPS) is 22.0. The first-order valence-electron chi connectivity index (χ1n) is 6.48. The molecule has 2 atom stereocenters. The molecule has 120 valence electrons. The van der Waals surface area contributed by atoms with Gasteiger partial charge in [-0.2, -0.15) is 0 Å². The minimum atomic E-state index is -3.16. The minimum absolute atomic E-state index is 0.100. The van der Waals surface area contributed by atoms with E-state index in [1.54, 1.807) is 0 Å². The zero-order valence-corrected chi connectivity index (χ0v) is 12.2. The largest absolute Gasteiger partial charge is 0.480 e. The second-order valence-corrected chi connectivity index (χ2v) is 7.20. The third kappa shape index (κ3) is 6.43. The maximum Gasteiger partial charge on any atom is 0.326 e. The van der Waals surface area contributed by atoms with Crippen LogP contribution in [0.5, 0.6) is 0 Å². The number of primary amides is 1. The van der Waals surface area contributed by atoms with Crippen molar-refractivity contribution in [2.45, 2.75) is 37.8 Å². The Bertz CT molecular complexity index is 518. The minimum Gasteiger partial charge on any atom is -0.480 e. The zero-order valence-electron chi connectivity index (χ0n) is 11.4. The highest BCUT2D eigenvalue weighted by Crippen LogP contribution is 2.11. The number of aliphatic carboxylic acids is 1. The molecule has 9 nitrogen and oxygen atoms in total. The number of amides is 3. The fourth-order valence-electron chi connectivity index (χ4n) is 2.07. The second kappa shape index (κ2) is 7.25. The van der Waals surface area contributed by atoms with Crippen LogP contribution < -0.4 is 16.4 Å². The van der Waals surface area contributed by atoms with Crippen molar-refractivity contribution in [3.63, 3.8) is 0 Å². The van der Waals surface area contributed by atoms with Crippen LogP contribution in [0.15, 0.2) is 0 Å². The van der Waals surface area contributed by atoms with E-state index in [1.807, 2.05) is 0 Å². The molecule has 0 aromatic heterocycles. The molecule has 1 unspecified atom stereocenters. The fraction of sp³-hybridized carbons (Fsp3) is 0.727. The zero-order chi connectivity index (χ0) is 16.0. The van der Waals surface area contributed by atoms with Crippen LogP contribution in [0.25, 0.3) is 0 Å². The van der Waals surface area contributed by atoms with E-state index in [9.17, 15) is 22.8 Å². The van der Waals surface area contributed by atoms with E-state index in [4.69, 9.17) is 10.8 Å². The summed E-state index contributed by atoms with van der Waals surface area (Å²) in [6.45, 7) is 0. The van der Waals surface area contributed by atoms with E-state index in [-0.39, 0.29) is 24.3 Å². The van der Waals surface area contributed by atoms with Crippen LogP contribution in [-0.2, 0) is 19.4 Å². The molecule has 1 saturated heterocycles. The van der Waals surface area contributed by atoms with Crippen molar-refractivity contribution in [2.24, 2.45) is 5.73 Å². The van der Waals surface area contributed by atoms with Crippen molar-refractivity contribution < 1.29 is 27.9 Å². The molecule has 3 amide bonds. The molecule has 0 aromatic rings. The van der Waals surface area contributed by atoms with Gasteiger partial charge in [-0.1, -0.05) is 0 Å². The average molecular weight is 321 g/mol. The van der Waals surface area contributed by atoms with Gasteiger partial charge < -0.3 is 21.5 Å². The van der Waals surface area contributed by atoms with Crippen LogP contribution in [0.1, 0.15) is 25.7 Å². The van der Waals surface area contributed by atoms with E-state index in [0.717, 1.165) is 0 Å². The summed E-state index contributed by atoms with van der Waals surface area (Å²) in [7, 11) is -3.16. The van der Waals surface area contributed by atoms with Crippen LogP contribution in [0.4, 0.5) is 4.79 Å². The van der Waals surface area contributed by atoms with Gasteiger partial charge in [0.05, 0.1) is 11.5 Å². The fourth-order valence-corrected chi connectivity index (χ4v) is 3.70. The Kier molecular flexibility index (Phi) is 5.94. The van der Waals surface area contributed by atoms with Gasteiger partial charge in [-0.3, -0.25) is 4.79 Å². The Labute approximate surface area is 122 Å². The lowest BCUT2D eigenvalue weighted by atomic mass is 10.1. The number of carboxylic acids is 1. The Morgan fingerprint density at radius 2 is 2.00 bits per heavy atom. The topological polar surface area (TPSA) is 156 Å². The predicted molar refractivity (Wildman–Crippen MR) is 73.2 cm³/mol. The van der Waals surface area contributed by atoms with E-state index >= 15 is 0 Å². The van der Waals surface area contributed by atoms with E-state index in [0.29, 0.717) is 12.8 Å².